The lowest BCUT2D eigenvalue weighted by atomic mass is 10.1. The molecule has 0 unspecified atom stereocenters. The fourth-order valence-corrected chi connectivity index (χ4v) is 6.73. The van der Waals surface area contributed by atoms with Crippen molar-refractivity contribution in [3.63, 3.8) is 0 Å². The molecule has 0 fully saturated rings. The van der Waals surface area contributed by atoms with Gasteiger partial charge in [0.05, 0.1) is 0 Å². The zero-order chi connectivity index (χ0) is 37.7. The molecule has 1 rings (SSSR count). The molecule has 8 nitrogen and oxygen atoms in total. The smallest absolute Gasteiger partial charge is 0.411 e. The van der Waals surface area contributed by atoms with Gasteiger partial charge in [0.15, 0.2) is 0 Å². The standard InChI is InChI=1S/C44H82N4O4/c1-5-9-11-13-15-17-19-21-23-25-27-29-34-47(7-3)36-38-51-43(49)45-41-32-31-33-42(40-41)46-44(50)52-39-37-48(8-4)35-30-28-26-24-22-20-18-16-14-12-10-6-2/h31-33,40H,5-30,34-39H2,1-4H3,(H,45,49)(H,46,50). The molecule has 1 aromatic rings. The summed E-state index contributed by atoms with van der Waals surface area (Å²) in [6.45, 7) is 15.0. The lowest BCUT2D eigenvalue weighted by molar-refractivity contribution is 0.139. The van der Waals surface area contributed by atoms with E-state index in [1.807, 2.05) is 0 Å². The molecule has 0 aliphatic heterocycles. The first-order valence-electron chi connectivity index (χ1n) is 21.9. The molecular formula is C44H82N4O4. The Bertz CT molecular complexity index is 891. The van der Waals surface area contributed by atoms with Crippen LogP contribution in [0.3, 0.4) is 0 Å². The summed E-state index contributed by atoms with van der Waals surface area (Å²) in [6, 6.07) is 7.05. The third-order valence-electron chi connectivity index (χ3n) is 10.2. The van der Waals surface area contributed by atoms with Crippen LogP contribution in [-0.2, 0) is 9.47 Å². The van der Waals surface area contributed by atoms with Crippen molar-refractivity contribution < 1.29 is 19.1 Å². The van der Waals surface area contributed by atoms with Crippen molar-refractivity contribution in [1.29, 1.82) is 0 Å². The van der Waals surface area contributed by atoms with Crippen LogP contribution in [0, 0.1) is 0 Å². The van der Waals surface area contributed by atoms with Gasteiger partial charge in [-0.25, -0.2) is 9.59 Å². The molecule has 2 amide bonds. The molecule has 302 valence electrons. The number of hydrogen-bond acceptors (Lipinski definition) is 6. The molecule has 0 atom stereocenters. The van der Waals surface area contributed by atoms with Crippen LogP contribution in [0.5, 0.6) is 0 Å². The van der Waals surface area contributed by atoms with Crippen molar-refractivity contribution in [2.45, 2.75) is 182 Å². The van der Waals surface area contributed by atoms with E-state index >= 15 is 0 Å². The molecule has 0 heterocycles. The van der Waals surface area contributed by atoms with Crippen LogP contribution in [0.1, 0.15) is 182 Å². The van der Waals surface area contributed by atoms with E-state index in [1.165, 1.54) is 154 Å². The number of unbranched alkanes of at least 4 members (excludes halogenated alkanes) is 22. The topological polar surface area (TPSA) is 83.1 Å². The number of benzene rings is 1. The number of nitrogens with zero attached hydrogens (tertiary/aromatic N) is 2. The highest BCUT2D eigenvalue weighted by Gasteiger charge is 2.10. The van der Waals surface area contributed by atoms with Crippen molar-refractivity contribution in [3.05, 3.63) is 24.3 Å². The second-order valence-corrected chi connectivity index (χ2v) is 14.7. The zero-order valence-corrected chi connectivity index (χ0v) is 34.5. The van der Waals surface area contributed by atoms with Crippen molar-refractivity contribution >= 4 is 23.6 Å². The molecule has 0 aliphatic rings. The van der Waals surface area contributed by atoms with Crippen LogP contribution >= 0.6 is 0 Å². The first-order valence-corrected chi connectivity index (χ1v) is 21.9. The van der Waals surface area contributed by atoms with Crippen molar-refractivity contribution in [2.75, 3.05) is 63.1 Å². The summed E-state index contributed by atoms with van der Waals surface area (Å²) in [5.74, 6) is 0. The number of nitrogens with one attached hydrogen (secondary N) is 2. The fraction of sp³-hybridized carbons (Fsp3) is 0.818. The number of carbonyl (C=O) groups excluding carboxylic acids is 2. The lowest BCUT2D eigenvalue weighted by Crippen LogP contribution is -2.30. The maximum absolute atomic E-state index is 12.5. The highest BCUT2D eigenvalue weighted by Crippen LogP contribution is 2.17. The van der Waals surface area contributed by atoms with E-state index in [1.54, 1.807) is 24.3 Å². The van der Waals surface area contributed by atoms with Crippen LogP contribution in [0.4, 0.5) is 21.0 Å². The van der Waals surface area contributed by atoms with Crippen molar-refractivity contribution in [1.82, 2.24) is 9.80 Å². The van der Waals surface area contributed by atoms with Crippen molar-refractivity contribution in [3.8, 4) is 0 Å². The molecule has 0 bridgehead atoms. The predicted molar refractivity (Wildman–Crippen MR) is 223 cm³/mol. The van der Waals surface area contributed by atoms with E-state index < -0.39 is 12.2 Å². The Hall–Kier alpha value is -2.32. The number of carbonyl (C=O) groups is 2. The van der Waals surface area contributed by atoms with Gasteiger partial charge in [0.1, 0.15) is 13.2 Å². The van der Waals surface area contributed by atoms with Gasteiger partial charge in [-0.3, -0.25) is 10.6 Å². The number of ether oxygens (including phenoxy) is 2. The van der Waals surface area contributed by atoms with E-state index in [0.717, 1.165) is 39.3 Å². The molecule has 52 heavy (non-hydrogen) atoms. The van der Waals surface area contributed by atoms with E-state index in [4.69, 9.17) is 9.47 Å². The molecule has 2 N–H and O–H groups in total. The molecule has 8 heteroatoms. The predicted octanol–water partition coefficient (Wildman–Crippen LogP) is 12.8. The molecule has 0 aromatic heterocycles. The van der Waals surface area contributed by atoms with E-state index in [0.29, 0.717) is 24.6 Å². The largest absolute Gasteiger partial charge is 0.448 e. The van der Waals surface area contributed by atoms with Crippen LogP contribution < -0.4 is 10.6 Å². The quantitative estimate of drug-likeness (QED) is 0.0669. The van der Waals surface area contributed by atoms with E-state index in [9.17, 15) is 9.59 Å². The summed E-state index contributed by atoms with van der Waals surface area (Å²) in [6.07, 6.45) is 31.4. The van der Waals surface area contributed by atoms with Crippen LogP contribution in [0.25, 0.3) is 0 Å². The minimum Gasteiger partial charge on any atom is -0.448 e. The Kier molecular flexibility index (Phi) is 32.7. The summed E-state index contributed by atoms with van der Waals surface area (Å²) in [4.78, 5) is 29.6. The Morgan fingerprint density at radius 2 is 0.769 bits per heavy atom. The monoisotopic (exact) mass is 731 g/mol. The Labute approximate surface area is 320 Å². The van der Waals surface area contributed by atoms with Crippen LogP contribution in [0.15, 0.2) is 24.3 Å². The lowest BCUT2D eigenvalue weighted by Gasteiger charge is -2.20. The van der Waals surface area contributed by atoms with E-state index in [2.05, 4.69) is 48.1 Å². The Morgan fingerprint density at radius 3 is 1.08 bits per heavy atom. The maximum Gasteiger partial charge on any atom is 0.411 e. The van der Waals surface area contributed by atoms with Gasteiger partial charge >= 0.3 is 12.2 Å². The molecular weight excluding hydrogens is 649 g/mol. The summed E-state index contributed by atoms with van der Waals surface area (Å²) in [5, 5.41) is 5.55. The van der Waals surface area contributed by atoms with E-state index in [-0.39, 0.29) is 0 Å². The molecule has 0 spiro atoms. The molecule has 0 radical (unpaired) electrons. The highest BCUT2D eigenvalue weighted by atomic mass is 16.6. The van der Waals surface area contributed by atoms with Gasteiger partial charge in [-0.1, -0.05) is 175 Å². The SMILES string of the molecule is CCCCCCCCCCCCCCN(CC)CCOC(=O)Nc1cccc(NC(=O)OCCN(CC)CCCCCCCCCCCCCC)c1. The molecule has 1 aromatic carbocycles. The minimum atomic E-state index is -0.492. The van der Waals surface area contributed by atoms with Gasteiger partial charge in [0, 0.05) is 24.5 Å². The van der Waals surface area contributed by atoms with Crippen LogP contribution in [0.2, 0.25) is 0 Å². The first-order chi connectivity index (χ1) is 25.5. The summed E-state index contributed by atoms with van der Waals surface area (Å²) < 4.78 is 10.9. The number of rotatable bonds is 36. The average molecular weight is 731 g/mol. The maximum atomic E-state index is 12.5. The average Bonchev–Trinajstić information content (AvgIpc) is 3.14. The van der Waals surface area contributed by atoms with Gasteiger partial charge in [-0.2, -0.15) is 0 Å². The van der Waals surface area contributed by atoms with Crippen molar-refractivity contribution in [2.24, 2.45) is 0 Å². The molecule has 0 aliphatic carbocycles. The highest BCUT2D eigenvalue weighted by molar-refractivity contribution is 5.88. The van der Waals surface area contributed by atoms with Crippen LogP contribution in [-0.4, -0.2) is 74.5 Å². The van der Waals surface area contributed by atoms with Gasteiger partial charge in [0.25, 0.3) is 0 Å². The molecule has 0 saturated heterocycles. The second kappa shape index (κ2) is 35.7. The second-order valence-electron chi connectivity index (χ2n) is 14.7. The van der Waals surface area contributed by atoms with Gasteiger partial charge in [-0.15, -0.1) is 0 Å². The minimum absolute atomic E-state index is 0.344. The Morgan fingerprint density at radius 1 is 0.462 bits per heavy atom. The zero-order valence-electron chi connectivity index (χ0n) is 34.5. The van der Waals surface area contributed by atoms with Gasteiger partial charge < -0.3 is 19.3 Å². The number of hydrogen-bond donors (Lipinski definition) is 2. The third kappa shape index (κ3) is 29.2. The summed E-state index contributed by atoms with van der Waals surface area (Å²) in [7, 11) is 0. The number of anilines is 2. The third-order valence-corrected chi connectivity index (χ3v) is 10.2. The fourth-order valence-electron chi connectivity index (χ4n) is 6.73. The molecule has 0 saturated carbocycles. The number of likely N-dealkylation sites (N-methyl/N-ethyl adjacent to an activating group) is 2. The number of amides is 2. The Balaban J connectivity index is 2.13. The van der Waals surface area contributed by atoms with Gasteiger partial charge in [-0.05, 0) is 57.2 Å². The first kappa shape index (κ1) is 47.7. The normalized spacial score (nSPS) is 11.3. The summed E-state index contributed by atoms with van der Waals surface area (Å²) >= 11 is 0. The summed E-state index contributed by atoms with van der Waals surface area (Å²) in [5.41, 5.74) is 1.12. The van der Waals surface area contributed by atoms with Gasteiger partial charge in [0.2, 0.25) is 0 Å².